The molecule has 35 heavy (non-hydrogen) atoms. The van der Waals surface area contributed by atoms with E-state index in [9.17, 15) is 39.3 Å². The molecule has 0 aliphatic heterocycles. The Labute approximate surface area is 201 Å². The third-order valence-electron chi connectivity index (χ3n) is 4.97. The number of rotatable bonds is 16. The van der Waals surface area contributed by atoms with Crippen LogP contribution in [0.15, 0.2) is 12.5 Å². The number of carboxylic acid groups (broad SMARTS) is 2. The number of carbonyl (C=O) groups is 5. The van der Waals surface area contributed by atoms with E-state index >= 15 is 0 Å². The molecule has 1 rings (SSSR count). The minimum Gasteiger partial charge on any atom is -0.481 e. The highest BCUT2D eigenvalue weighted by atomic mass is 16.4. The summed E-state index contributed by atoms with van der Waals surface area (Å²) in [7, 11) is 0. The molecular weight excluding hydrogens is 466 g/mol. The number of unbranched alkanes of at least 4 members (excludes halogenated alkanes) is 1. The molecule has 15 nitrogen and oxygen atoms in total. The second kappa shape index (κ2) is 14.6. The zero-order chi connectivity index (χ0) is 26.5. The van der Waals surface area contributed by atoms with E-state index in [-0.39, 0.29) is 12.8 Å². The molecule has 5 unspecified atom stereocenters. The molecule has 0 radical (unpaired) electrons. The highest BCUT2D eigenvalue weighted by Crippen LogP contribution is 2.05. The number of aromatic nitrogens is 2. The van der Waals surface area contributed by atoms with Gasteiger partial charge in [-0.2, -0.15) is 0 Å². The van der Waals surface area contributed by atoms with Crippen molar-refractivity contribution < 1.29 is 39.3 Å². The summed E-state index contributed by atoms with van der Waals surface area (Å²) in [6, 6.07) is -5.59. The van der Waals surface area contributed by atoms with Gasteiger partial charge < -0.3 is 47.7 Å². The summed E-state index contributed by atoms with van der Waals surface area (Å²) in [5, 5.41) is 34.8. The van der Waals surface area contributed by atoms with Crippen molar-refractivity contribution in [3.8, 4) is 0 Å². The van der Waals surface area contributed by atoms with Crippen LogP contribution in [0, 0.1) is 0 Å². The Bertz CT molecular complexity index is 862. The summed E-state index contributed by atoms with van der Waals surface area (Å²) in [4.78, 5) is 67.1. The Kier molecular flexibility index (Phi) is 12.3. The molecule has 3 amide bonds. The van der Waals surface area contributed by atoms with Gasteiger partial charge in [0.25, 0.3) is 0 Å². The number of H-pyrrole nitrogens is 1. The summed E-state index contributed by atoms with van der Waals surface area (Å²) in [5.74, 6) is -5.56. The van der Waals surface area contributed by atoms with Crippen molar-refractivity contribution in [3.05, 3.63) is 18.2 Å². The zero-order valence-electron chi connectivity index (χ0n) is 19.3. The Hall–Kier alpha value is -3.56. The monoisotopic (exact) mass is 499 g/mol. The second-order valence-electron chi connectivity index (χ2n) is 7.96. The maximum Gasteiger partial charge on any atom is 0.328 e. The first-order chi connectivity index (χ1) is 16.5. The Morgan fingerprint density at radius 1 is 1.03 bits per heavy atom. The normalized spacial score (nSPS) is 15.2. The van der Waals surface area contributed by atoms with Crippen LogP contribution in [0.5, 0.6) is 0 Å². The number of nitrogens with zero attached hydrogens (tertiary/aromatic N) is 1. The highest BCUT2D eigenvalue weighted by molar-refractivity contribution is 5.95. The second-order valence-corrected chi connectivity index (χ2v) is 7.96. The number of aliphatic carboxylic acids is 2. The molecule has 1 heterocycles. The van der Waals surface area contributed by atoms with Crippen molar-refractivity contribution in [1.82, 2.24) is 25.9 Å². The van der Waals surface area contributed by atoms with Crippen molar-refractivity contribution in [2.24, 2.45) is 11.5 Å². The number of imidazole rings is 1. The van der Waals surface area contributed by atoms with Gasteiger partial charge in [-0.25, -0.2) is 9.78 Å². The average Bonchev–Trinajstić information content (AvgIpc) is 3.28. The maximum atomic E-state index is 12.8. The summed E-state index contributed by atoms with van der Waals surface area (Å²) in [6.45, 7) is 1.48. The van der Waals surface area contributed by atoms with Gasteiger partial charge in [0.05, 0.1) is 24.9 Å². The van der Waals surface area contributed by atoms with Gasteiger partial charge in [-0.15, -0.1) is 0 Å². The fraction of sp³-hybridized carbons (Fsp3) is 0.600. The van der Waals surface area contributed by atoms with Crippen LogP contribution in [0.3, 0.4) is 0 Å². The molecule has 0 aliphatic rings. The quantitative estimate of drug-likeness (QED) is 0.102. The number of carbonyl (C=O) groups excluding carboxylic acids is 3. The Morgan fingerprint density at radius 3 is 2.17 bits per heavy atom. The standard InChI is InChI=1S/C20H33N7O8/c1-10(28)16(20(34)35)27-18(32)13(4-2-3-5-21)25-19(33)14(7-15(29)30)26-17(31)12(22)6-11-8-23-9-24-11/h8-10,12-14,16,28H,2-7,21-22H2,1H3,(H,23,24)(H,25,33)(H,26,31)(H,27,32)(H,29,30)(H,34,35). The number of aromatic amines is 1. The topological polar surface area (TPSA) is 263 Å². The van der Waals surface area contributed by atoms with E-state index in [1.165, 1.54) is 19.4 Å². The number of carboxylic acids is 2. The lowest BCUT2D eigenvalue weighted by Gasteiger charge is -2.25. The van der Waals surface area contributed by atoms with Crippen molar-refractivity contribution in [3.63, 3.8) is 0 Å². The van der Waals surface area contributed by atoms with Gasteiger partial charge in [-0.3, -0.25) is 19.2 Å². The lowest BCUT2D eigenvalue weighted by Crippen LogP contribution is -2.58. The van der Waals surface area contributed by atoms with Gasteiger partial charge in [-0.1, -0.05) is 0 Å². The summed E-state index contributed by atoms with van der Waals surface area (Å²) < 4.78 is 0. The maximum absolute atomic E-state index is 12.8. The van der Waals surface area contributed by atoms with E-state index in [0.29, 0.717) is 25.1 Å². The van der Waals surface area contributed by atoms with E-state index in [0.717, 1.165) is 0 Å². The van der Waals surface area contributed by atoms with E-state index in [2.05, 4.69) is 25.9 Å². The molecule has 1 aromatic rings. The Balaban J connectivity index is 2.95. The van der Waals surface area contributed by atoms with Crippen LogP contribution < -0.4 is 27.4 Å². The smallest absolute Gasteiger partial charge is 0.328 e. The molecule has 0 bridgehead atoms. The third kappa shape index (κ3) is 10.5. The predicted octanol–water partition coefficient (Wildman–Crippen LogP) is -3.20. The minimum absolute atomic E-state index is 0.0489. The van der Waals surface area contributed by atoms with Crippen molar-refractivity contribution in [2.45, 2.75) is 69.3 Å². The van der Waals surface area contributed by atoms with Gasteiger partial charge in [0.2, 0.25) is 17.7 Å². The number of aliphatic hydroxyl groups excluding tert-OH is 1. The molecule has 5 atom stereocenters. The molecule has 15 heteroatoms. The molecule has 0 aromatic carbocycles. The zero-order valence-corrected chi connectivity index (χ0v) is 19.3. The predicted molar refractivity (Wildman–Crippen MR) is 121 cm³/mol. The van der Waals surface area contributed by atoms with Crippen LogP contribution in [-0.2, 0) is 30.4 Å². The van der Waals surface area contributed by atoms with Crippen molar-refractivity contribution in [2.75, 3.05) is 6.54 Å². The first kappa shape index (κ1) is 29.5. The van der Waals surface area contributed by atoms with Crippen LogP contribution in [0.25, 0.3) is 0 Å². The number of hydrogen-bond donors (Lipinski definition) is 9. The highest BCUT2D eigenvalue weighted by Gasteiger charge is 2.32. The SMILES string of the molecule is CC(O)C(NC(=O)C(CCCCN)NC(=O)C(CC(=O)O)NC(=O)C(N)Cc1cnc[nH]1)C(=O)O. The molecule has 0 spiro atoms. The molecule has 11 N–H and O–H groups in total. The summed E-state index contributed by atoms with van der Waals surface area (Å²) in [5.41, 5.74) is 11.8. The van der Waals surface area contributed by atoms with E-state index in [1.807, 2.05) is 0 Å². The molecule has 0 aliphatic carbocycles. The van der Waals surface area contributed by atoms with Crippen LogP contribution in [0.2, 0.25) is 0 Å². The van der Waals surface area contributed by atoms with Crippen LogP contribution in [0.1, 0.15) is 38.3 Å². The van der Waals surface area contributed by atoms with Gasteiger partial charge in [0.1, 0.15) is 12.1 Å². The number of nitrogens with two attached hydrogens (primary N) is 2. The largest absolute Gasteiger partial charge is 0.481 e. The van der Waals surface area contributed by atoms with Crippen molar-refractivity contribution in [1.29, 1.82) is 0 Å². The fourth-order valence-electron chi connectivity index (χ4n) is 3.07. The molecular formula is C20H33N7O8. The van der Waals surface area contributed by atoms with E-state index in [1.54, 1.807) is 0 Å². The summed E-state index contributed by atoms with van der Waals surface area (Å²) >= 11 is 0. The average molecular weight is 500 g/mol. The summed E-state index contributed by atoms with van der Waals surface area (Å²) in [6.07, 6.45) is 1.60. The Morgan fingerprint density at radius 2 is 1.66 bits per heavy atom. The first-order valence-corrected chi connectivity index (χ1v) is 10.9. The first-order valence-electron chi connectivity index (χ1n) is 10.9. The van der Waals surface area contributed by atoms with Gasteiger partial charge in [0, 0.05) is 18.3 Å². The van der Waals surface area contributed by atoms with E-state index in [4.69, 9.17) is 11.5 Å². The molecule has 196 valence electrons. The van der Waals surface area contributed by atoms with E-state index < -0.39 is 66.4 Å². The minimum atomic E-state index is -1.63. The van der Waals surface area contributed by atoms with Crippen molar-refractivity contribution >= 4 is 29.7 Å². The molecule has 1 aromatic heterocycles. The number of amides is 3. The number of nitrogens with one attached hydrogen (secondary N) is 4. The third-order valence-corrected chi connectivity index (χ3v) is 4.97. The number of aliphatic hydroxyl groups is 1. The molecule has 0 fully saturated rings. The lowest BCUT2D eigenvalue weighted by molar-refractivity contribution is -0.145. The van der Waals surface area contributed by atoms with Gasteiger partial charge in [-0.05, 0) is 32.7 Å². The van der Waals surface area contributed by atoms with Gasteiger partial charge >= 0.3 is 11.9 Å². The van der Waals surface area contributed by atoms with Crippen LogP contribution >= 0.6 is 0 Å². The number of hydrogen-bond acceptors (Lipinski definition) is 9. The molecule has 0 saturated heterocycles. The molecule has 0 saturated carbocycles. The fourth-order valence-corrected chi connectivity index (χ4v) is 3.07. The van der Waals surface area contributed by atoms with Crippen LogP contribution in [0.4, 0.5) is 0 Å². The van der Waals surface area contributed by atoms with Gasteiger partial charge in [0.15, 0.2) is 6.04 Å². The van der Waals surface area contributed by atoms with Crippen LogP contribution in [-0.4, -0.2) is 91.8 Å². The lowest BCUT2D eigenvalue weighted by atomic mass is 10.1.